The molecule has 0 saturated carbocycles. The fourth-order valence-electron chi connectivity index (χ4n) is 2.78. The molecule has 1 heterocycles. The lowest BCUT2D eigenvalue weighted by atomic mass is 10.0. The van der Waals surface area contributed by atoms with E-state index in [0.29, 0.717) is 0 Å². The Morgan fingerprint density at radius 2 is 1.76 bits per heavy atom. The average Bonchev–Trinajstić information content (AvgIpc) is 2.71. The molecule has 2 rings (SSSR count). The Balaban J connectivity index is 2.12. The molecule has 0 aliphatic heterocycles. The summed E-state index contributed by atoms with van der Waals surface area (Å²) in [6.07, 6.45) is -11.9. The number of hydrogen-bond donors (Lipinski definition) is 2. The molecule has 2 atom stereocenters. The number of pyridine rings is 1. The van der Waals surface area contributed by atoms with E-state index in [4.69, 9.17) is 10.5 Å². The van der Waals surface area contributed by atoms with Crippen LogP contribution in [-0.2, 0) is 22.1 Å². The molecule has 7 nitrogen and oxygen atoms in total. The maximum absolute atomic E-state index is 13.2. The first kappa shape index (κ1) is 25.7. The molecule has 3 N–H and O–H groups in total. The van der Waals surface area contributed by atoms with Gasteiger partial charge < -0.3 is 20.5 Å². The summed E-state index contributed by atoms with van der Waals surface area (Å²) in [6.45, 7) is -0.0483. The number of amides is 2. The number of benzene rings is 1. The Labute approximate surface area is 183 Å². The number of nitrogens with two attached hydrogens (primary N) is 1. The average molecular weight is 479 g/mol. The van der Waals surface area contributed by atoms with Gasteiger partial charge in [0, 0.05) is 6.42 Å². The van der Waals surface area contributed by atoms with Gasteiger partial charge in [0.2, 0.25) is 0 Å². The first-order valence-electron chi connectivity index (χ1n) is 9.33. The molecule has 0 saturated heterocycles. The number of carbonyl (C=O) groups excluding carboxylic acids is 2. The van der Waals surface area contributed by atoms with Crippen molar-refractivity contribution in [3.8, 4) is 5.75 Å². The largest absolute Gasteiger partial charge is 0.483 e. The normalized spacial score (nSPS) is 13.7. The van der Waals surface area contributed by atoms with Crippen LogP contribution in [0.3, 0.4) is 0 Å². The lowest BCUT2D eigenvalue weighted by molar-refractivity contribution is -0.153. The smallest absolute Gasteiger partial charge is 0.422 e. The highest BCUT2D eigenvalue weighted by Gasteiger charge is 2.35. The number of primary amides is 1. The highest BCUT2D eigenvalue weighted by atomic mass is 19.4. The van der Waals surface area contributed by atoms with Gasteiger partial charge in [0.15, 0.2) is 12.7 Å². The predicted octanol–water partition coefficient (Wildman–Crippen LogP) is 3.93. The Morgan fingerprint density at radius 1 is 1.09 bits per heavy atom. The minimum Gasteiger partial charge on any atom is -0.483 e. The van der Waals surface area contributed by atoms with Crippen molar-refractivity contribution in [3.63, 3.8) is 0 Å². The van der Waals surface area contributed by atoms with Crippen LogP contribution in [0.4, 0.5) is 31.1 Å². The van der Waals surface area contributed by atoms with Crippen molar-refractivity contribution < 1.29 is 45.4 Å². The lowest BCUT2D eigenvalue weighted by Crippen LogP contribution is -2.41. The van der Waals surface area contributed by atoms with Crippen molar-refractivity contribution in [2.24, 2.45) is 5.73 Å². The number of carbonyl (C=O) groups is 2. The van der Waals surface area contributed by atoms with E-state index in [2.05, 4.69) is 15.0 Å². The van der Waals surface area contributed by atoms with Crippen LogP contribution < -0.4 is 15.8 Å². The lowest BCUT2D eigenvalue weighted by Gasteiger charge is -2.21. The highest BCUT2D eigenvalue weighted by Crippen LogP contribution is 2.32. The Morgan fingerprint density at radius 3 is 2.30 bits per heavy atom. The second kappa shape index (κ2) is 10.4. The van der Waals surface area contributed by atoms with E-state index >= 15 is 0 Å². The van der Waals surface area contributed by atoms with E-state index in [1.54, 1.807) is 0 Å². The summed E-state index contributed by atoms with van der Waals surface area (Å²) in [4.78, 5) is 27.7. The number of rotatable bonds is 8. The maximum atomic E-state index is 13.2. The number of nitrogens with one attached hydrogen (secondary N) is 1. The Kier molecular flexibility index (Phi) is 8.12. The number of ether oxygens (including phenoxy) is 2. The number of alkyl halides is 6. The third-order valence-corrected chi connectivity index (χ3v) is 4.24. The summed E-state index contributed by atoms with van der Waals surface area (Å²) < 4.78 is 85.6. The Hall–Kier alpha value is -3.51. The zero-order valence-corrected chi connectivity index (χ0v) is 17.0. The topological polar surface area (TPSA) is 104 Å². The summed E-state index contributed by atoms with van der Waals surface area (Å²) in [7, 11) is 0. The van der Waals surface area contributed by atoms with E-state index < -0.39 is 55.1 Å². The van der Waals surface area contributed by atoms with Gasteiger partial charge in [-0.2, -0.15) is 26.3 Å². The first-order chi connectivity index (χ1) is 15.3. The first-order valence-corrected chi connectivity index (χ1v) is 9.33. The minimum absolute atomic E-state index is 0.159. The third-order valence-electron chi connectivity index (χ3n) is 4.24. The van der Waals surface area contributed by atoms with Gasteiger partial charge >= 0.3 is 18.4 Å². The SMILES string of the molecule is C[C@@H](NC(=O)[C@@H](Cc1ccccc1C(F)(F)F)OC(N)=O)c1ccc(OCC(F)(F)F)cn1. The van der Waals surface area contributed by atoms with Crippen LogP contribution in [0.1, 0.15) is 29.8 Å². The molecule has 0 spiro atoms. The van der Waals surface area contributed by atoms with Crippen LogP contribution in [0.25, 0.3) is 0 Å². The molecule has 13 heteroatoms. The highest BCUT2D eigenvalue weighted by molar-refractivity contribution is 5.83. The summed E-state index contributed by atoms with van der Waals surface area (Å²) in [6, 6.07) is 6.12. The van der Waals surface area contributed by atoms with E-state index in [9.17, 15) is 35.9 Å². The van der Waals surface area contributed by atoms with Crippen molar-refractivity contribution >= 4 is 12.0 Å². The van der Waals surface area contributed by atoms with Gasteiger partial charge in [-0.15, -0.1) is 0 Å². The molecule has 2 amide bonds. The number of hydrogen-bond acceptors (Lipinski definition) is 5. The summed E-state index contributed by atoms with van der Waals surface area (Å²) >= 11 is 0. The van der Waals surface area contributed by atoms with Crippen LogP contribution >= 0.6 is 0 Å². The van der Waals surface area contributed by atoms with Gasteiger partial charge in [-0.3, -0.25) is 9.78 Å². The van der Waals surface area contributed by atoms with Crippen molar-refractivity contribution in [2.75, 3.05) is 6.61 Å². The molecule has 33 heavy (non-hydrogen) atoms. The number of halogens is 6. The fraction of sp³-hybridized carbons (Fsp3) is 0.350. The number of nitrogens with zero attached hydrogens (tertiary/aromatic N) is 1. The van der Waals surface area contributed by atoms with Gasteiger partial charge in [0.25, 0.3) is 5.91 Å². The molecular weight excluding hydrogens is 460 g/mol. The van der Waals surface area contributed by atoms with Crippen LogP contribution in [0.2, 0.25) is 0 Å². The molecule has 0 aliphatic rings. The molecule has 0 fully saturated rings. The van der Waals surface area contributed by atoms with E-state index in [0.717, 1.165) is 18.3 Å². The van der Waals surface area contributed by atoms with E-state index in [1.807, 2.05) is 0 Å². The molecule has 0 aliphatic carbocycles. The van der Waals surface area contributed by atoms with Crippen molar-refractivity contribution in [3.05, 3.63) is 59.4 Å². The molecule has 180 valence electrons. The van der Waals surface area contributed by atoms with Gasteiger partial charge in [-0.05, 0) is 30.7 Å². The van der Waals surface area contributed by atoms with Gasteiger partial charge in [-0.1, -0.05) is 18.2 Å². The molecule has 1 aromatic heterocycles. The third kappa shape index (κ3) is 8.16. The second-order valence-corrected chi connectivity index (χ2v) is 6.84. The maximum Gasteiger partial charge on any atom is 0.422 e. The summed E-state index contributed by atoms with van der Waals surface area (Å²) in [5, 5.41) is 2.42. The number of aromatic nitrogens is 1. The zero-order valence-electron chi connectivity index (χ0n) is 17.0. The minimum atomic E-state index is -4.70. The molecular formula is C20H19F6N3O4. The molecule has 0 bridgehead atoms. The van der Waals surface area contributed by atoms with Crippen molar-refractivity contribution in [2.45, 2.75) is 37.8 Å². The van der Waals surface area contributed by atoms with E-state index in [1.165, 1.54) is 31.2 Å². The standard InChI is InChI=1S/C20H19F6N3O4/c1-11(15-7-6-13(9-28-15)32-10-19(21,22)23)29-17(30)16(33-18(27)31)8-12-4-2-3-5-14(12)20(24,25)26/h2-7,9,11,16H,8,10H2,1H3,(H2,27,31)(H,29,30)/t11-,16-/m1/s1. The Bertz CT molecular complexity index is 964. The van der Waals surface area contributed by atoms with Gasteiger partial charge in [0.05, 0.1) is 23.5 Å². The van der Waals surface area contributed by atoms with Crippen LogP contribution in [-0.4, -0.2) is 35.9 Å². The van der Waals surface area contributed by atoms with Crippen LogP contribution in [0.5, 0.6) is 5.75 Å². The monoisotopic (exact) mass is 479 g/mol. The fourth-order valence-corrected chi connectivity index (χ4v) is 2.78. The summed E-state index contributed by atoms with van der Waals surface area (Å²) in [5.41, 5.74) is 3.87. The second-order valence-electron chi connectivity index (χ2n) is 6.84. The van der Waals surface area contributed by atoms with Gasteiger partial charge in [-0.25, -0.2) is 4.79 Å². The van der Waals surface area contributed by atoms with Crippen LogP contribution in [0, 0.1) is 0 Å². The van der Waals surface area contributed by atoms with E-state index in [-0.39, 0.29) is 17.0 Å². The quantitative estimate of drug-likeness (QED) is 0.559. The van der Waals surface area contributed by atoms with Crippen molar-refractivity contribution in [1.82, 2.24) is 10.3 Å². The molecule has 0 radical (unpaired) electrons. The predicted molar refractivity (Wildman–Crippen MR) is 102 cm³/mol. The zero-order chi connectivity index (χ0) is 24.8. The molecule has 0 unspecified atom stereocenters. The van der Waals surface area contributed by atoms with Crippen molar-refractivity contribution in [1.29, 1.82) is 0 Å². The summed E-state index contributed by atoms with van der Waals surface area (Å²) in [5.74, 6) is -1.11. The molecule has 2 aromatic rings. The van der Waals surface area contributed by atoms with Crippen LogP contribution in [0.15, 0.2) is 42.6 Å². The molecule has 1 aromatic carbocycles. The van der Waals surface area contributed by atoms with Gasteiger partial charge in [0.1, 0.15) is 5.75 Å².